The summed E-state index contributed by atoms with van der Waals surface area (Å²) >= 11 is 1.42. The zero-order valence-corrected chi connectivity index (χ0v) is 17.1. The van der Waals surface area contributed by atoms with Crippen molar-refractivity contribution in [3.63, 3.8) is 0 Å². The van der Waals surface area contributed by atoms with Crippen LogP contribution in [0.25, 0.3) is 10.2 Å². The molecule has 0 aliphatic heterocycles. The van der Waals surface area contributed by atoms with Gasteiger partial charge in [0.25, 0.3) is 5.91 Å². The molecule has 0 aliphatic rings. The molecule has 0 fully saturated rings. The summed E-state index contributed by atoms with van der Waals surface area (Å²) in [5.74, 6) is 0.778. The number of carbonyl (C=O) groups excluding carboxylic acids is 1. The molecule has 1 atom stereocenters. The molecule has 142 valence electrons. The fourth-order valence-corrected chi connectivity index (χ4v) is 3.95. The van der Waals surface area contributed by atoms with Crippen molar-refractivity contribution in [2.45, 2.75) is 40.2 Å². The van der Waals surface area contributed by atoms with Crippen molar-refractivity contribution in [1.29, 1.82) is 0 Å². The largest absolute Gasteiger partial charge is 0.383 e. The van der Waals surface area contributed by atoms with Gasteiger partial charge in [-0.25, -0.2) is 9.97 Å². The van der Waals surface area contributed by atoms with Gasteiger partial charge < -0.3 is 15.0 Å². The summed E-state index contributed by atoms with van der Waals surface area (Å²) in [6.45, 7) is 13.7. The molecule has 0 unspecified atom stereocenters. The van der Waals surface area contributed by atoms with Crippen LogP contribution in [0.3, 0.4) is 0 Å². The van der Waals surface area contributed by atoms with E-state index in [1.807, 2.05) is 20.8 Å². The molecule has 2 rings (SSSR count). The highest BCUT2D eigenvalue weighted by Gasteiger charge is 2.23. The van der Waals surface area contributed by atoms with Crippen LogP contribution in [-0.2, 0) is 4.74 Å². The van der Waals surface area contributed by atoms with E-state index >= 15 is 0 Å². The van der Waals surface area contributed by atoms with E-state index in [9.17, 15) is 4.79 Å². The summed E-state index contributed by atoms with van der Waals surface area (Å²) in [4.78, 5) is 25.1. The van der Waals surface area contributed by atoms with Gasteiger partial charge in [0.2, 0.25) is 0 Å². The first-order valence-corrected chi connectivity index (χ1v) is 9.67. The fraction of sp³-hybridized carbons (Fsp3) is 0.526. The number of aromatic nitrogens is 2. The van der Waals surface area contributed by atoms with Crippen LogP contribution in [0, 0.1) is 6.92 Å². The Kier molecular flexibility index (Phi) is 7.11. The molecule has 0 saturated heterocycles. The number of amides is 1. The fourth-order valence-electron chi connectivity index (χ4n) is 2.84. The average Bonchev–Trinajstić information content (AvgIpc) is 2.96. The molecular weight excluding hydrogens is 348 g/mol. The Hall–Kier alpha value is -1.99. The lowest BCUT2D eigenvalue weighted by molar-refractivity contribution is 0.0782. The number of fused-ring (bicyclic) bond motifs is 1. The van der Waals surface area contributed by atoms with Crippen LogP contribution < -0.4 is 5.32 Å². The van der Waals surface area contributed by atoms with Crippen molar-refractivity contribution in [2.75, 3.05) is 32.1 Å². The zero-order valence-electron chi connectivity index (χ0n) is 16.3. The summed E-state index contributed by atoms with van der Waals surface area (Å²) < 4.78 is 5.26. The van der Waals surface area contributed by atoms with Gasteiger partial charge in [0, 0.05) is 20.2 Å². The molecule has 2 aromatic heterocycles. The second-order valence-electron chi connectivity index (χ2n) is 6.44. The molecule has 7 heteroatoms. The van der Waals surface area contributed by atoms with Gasteiger partial charge in [-0.1, -0.05) is 19.1 Å². The highest BCUT2D eigenvalue weighted by Crippen LogP contribution is 2.34. The number of nitrogens with zero attached hydrogens (tertiary/aromatic N) is 3. The molecule has 26 heavy (non-hydrogen) atoms. The molecule has 0 spiro atoms. The molecule has 1 amide bonds. The van der Waals surface area contributed by atoms with Crippen LogP contribution >= 0.6 is 11.3 Å². The SMILES string of the molecule is C=C(C)CN(CC)C(=O)c1sc2ncnc(N[C@@H](CC)COC)c2c1C. The lowest BCUT2D eigenvalue weighted by Gasteiger charge is -2.20. The Morgan fingerprint density at radius 2 is 2.15 bits per heavy atom. The number of thiophene rings is 1. The average molecular weight is 377 g/mol. The molecule has 0 aromatic carbocycles. The molecule has 1 N–H and O–H groups in total. The maximum Gasteiger partial charge on any atom is 0.264 e. The number of hydrogen-bond acceptors (Lipinski definition) is 6. The molecule has 0 saturated carbocycles. The minimum atomic E-state index is 0.0193. The third-order valence-electron chi connectivity index (χ3n) is 4.25. The van der Waals surface area contributed by atoms with Crippen LogP contribution in [-0.4, -0.2) is 53.6 Å². The molecule has 0 radical (unpaired) electrons. The van der Waals surface area contributed by atoms with Crippen LogP contribution in [0.2, 0.25) is 0 Å². The van der Waals surface area contributed by atoms with E-state index in [-0.39, 0.29) is 11.9 Å². The van der Waals surface area contributed by atoms with E-state index in [0.717, 1.165) is 33.6 Å². The summed E-state index contributed by atoms with van der Waals surface area (Å²) in [7, 11) is 1.69. The Bertz CT molecular complexity index is 787. The highest BCUT2D eigenvalue weighted by molar-refractivity contribution is 7.20. The van der Waals surface area contributed by atoms with Crippen molar-refractivity contribution in [1.82, 2.24) is 14.9 Å². The minimum Gasteiger partial charge on any atom is -0.383 e. The maximum atomic E-state index is 13.0. The van der Waals surface area contributed by atoms with Crippen molar-refractivity contribution >= 4 is 33.3 Å². The van der Waals surface area contributed by atoms with Gasteiger partial charge in [-0.05, 0) is 32.8 Å². The van der Waals surface area contributed by atoms with Crippen molar-refractivity contribution < 1.29 is 9.53 Å². The van der Waals surface area contributed by atoms with E-state index in [2.05, 4.69) is 28.8 Å². The van der Waals surface area contributed by atoms with Crippen LogP contribution in [0.1, 0.15) is 42.4 Å². The topological polar surface area (TPSA) is 67.4 Å². The first-order chi connectivity index (χ1) is 12.4. The number of hydrogen-bond donors (Lipinski definition) is 1. The lowest BCUT2D eigenvalue weighted by Crippen LogP contribution is -2.32. The molecule has 0 aliphatic carbocycles. The second-order valence-corrected chi connectivity index (χ2v) is 7.44. The van der Waals surface area contributed by atoms with Gasteiger partial charge in [-0.2, -0.15) is 0 Å². The van der Waals surface area contributed by atoms with Gasteiger partial charge in [0.1, 0.15) is 17.0 Å². The van der Waals surface area contributed by atoms with E-state index < -0.39 is 0 Å². The predicted molar refractivity (Wildman–Crippen MR) is 108 cm³/mol. The summed E-state index contributed by atoms with van der Waals surface area (Å²) in [6.07, 6.45) is 2.45. The quantitative estimate of drug-likeness (QED) is 0.673. The number of carbonyl (C=O) groups is 1. The van der Waals surface area contributed by atoms with Crippen molar-refractivity contribution in [3.05, 3.63) is 28.9 Å². The summed E-state index contributed by atoms with van der Waals surface area (Å²) in [5, 5.41) is 4.35. The van der Waals surface area contributed by atoms with Gasteiger partial charge in [0.15, 0.2) is 0 Å². The van der Waals surface area contributed by atoms with Gasteiger partial charge in [-0.15, -0.1) is 11.3 Å². The minimum absolute atomic E-state index is 0.0193. The smallest absolute Gasteiger partial charge is 0.264 e. The normalized spacial score (nSPS) is 12.2. The molecule has 2 aromatic rings. The predicted octanol–water partition coefficient (Wildman–Crippen LogP) is 3.87. The van der Waals surface area contributed by atoms with E-state index in [0.29, 0.717) is 24.6 Å². The summed E-state index contributed by atoms with van der Waals surface area (Å²) in [6, 6.07) is 0.159. The van der Waals surface area contributed by atoms with Crippen LogP contribution in [0.5, 0.6) is 0 Å². The third-order valence-corrected chi connectivity index (χ3v) is 5.44. The molecular formula is C19H28N4O2S. The second kappa shape index (κ2) is 9.09. The Labute approximate surface area is 159 Å². The Morgan fingerprint density at radius 3 is 2.73 bits per heavy atom. The van der Waals surface area contributed by atoms with Gasteiger partial charge in [0.05, 0.1) is 22.9 Å². The summed E-state index contributed by atoms with van der Waals surface area (Å²) in [5.41, 5.74) is 1.89. The van der Waals surface area contributed by atoms with Crippen LogP contribution in [0.15, 0.2) is 18.5 Å². The van der Waals surface area contributed by atoms with E-state index in [1.54, 1.807) is 18.3 Å². The number of anilines is 1. The monoisotopic (exact) mass is 376 g/mol. The number of methoxy groups -OCH3 is 1. The first kappa shape index (κ1) is 20.3. The number of rotatable bonds is 9. The van der Waals surface area contributed by atoms with Crippen molar-refractivity contribution in [2.24, 2.45) is 0 Å². The van der Waals surface area contributed by atoms with Crippen LogP contribution in [0.4, 0.5) is 5.82 Å². The lowest BCUT2D eigenvalue weighted by atomic mass is 10.1. The number of ether oxygens (including phenoxy) is 1. The number of nitrogens with one attached hydrogen (secondary N) is 1. The third kappa shape index (κ3) is 4.40. The van der Waals surface area contributed by atoms with E-state index in [1.165, 1.54) is 11.3 Å². The molecule has 0 bridgehead atoms. The highest BCUT2D eigenvalue weighted by atomic mass is 32.1. The zero-order chi connectivity index (χ0) is 19.3. The van der Waals surface area contributed by atoms with E-state index in [4.69, 9.17) is 4.74 Å². The molecule has 2 heterocycles. The van der Waals surface area contributed by atoms with Gasteiger partial charge in [-0.3, -0.25) is 4.79 Å². The van der Waals surface area contributed by atoms with Gasteiger partial charge >= 0.3 is 0 Å². The van der Waals surface area contributed by atoms with Crippen molar-refractivity contribution in [3.8, 4) is 0 Å². The maximum absolute atomic E-state index is 13.0. The molecule has 6 nitrogen and oxygen atoms in total. The number of aryl methyl sites for hydroxylation is 1. The Balaban J connectivity index is 2.42. The number of likely N-dealkylation sites (N-methyl/N-ethyl adjacent to an activating group) is 1. The first-order valence-electron chi connectivity index (χ1n) is 8.86. The standard InChI is InChI=1S/C19H28N4O2S/c1-7-14(10-25-6)22-17-15-13(5)16(26-18(15)21-11-20-17)19(24)23(8-2)9-12(3)4/h11,14H,3,7-10H2,1-2,4-6H3,(H,20,21,22)/t14-/m0/s1. The Morgan fingerprint density at radius 1 is 1.42 bits per heavy atom.